The molecule has 0 fully saturated rings. The maximum absolute atomic E-state index is 13.1. The zero-order chi connectivity index (χ0) is 23.2. The molecule has 4 rings (SSSR count). The Morgan fingerprint density at radius 1 is 1.06 bits per heavy atom. The summed E-state index contributed by atoms with van der Waals surface area (Å²) < 4.78 is 24.0. The number of esters is 1. The van der Waals surface area contributed by atoms with Crippen LogP contribution < -0.4 is 4.74 Å². The van der Waals surface area contributed by atoms with Crippen LogP contribution in [0.4, 0.5) is 4.39 Å². The number of imidazole rings is 1. The molecule has 1 heterocycles. The number of carbonyl (C=O) groups excluding carboxylic acids is 1. The molecule has 33 heavy (non-hydrogen) atoms. The van der Waals surface area contributed by atoms with Crippen molar-refractivity contribution in [1.29, 1.82) is 5.26 Å². The zero-order valence-corrected chi connectivity index (χ0v) is 17.3. The number of benzene rings is 3. The lowest BCUT2D eigenvalue weighted by molar-refractivity contribution is 0.0497. The molecule has 8 heteroatoms. The summed E-state index contributed by atoms with van der Waals surface area (Å²) in [5.41, 5.74) is 2.09. The second-order valence-corrected chi connectivity index (χ2v) is 7.02. The second-order valence-electron chi connectivity index (χ2n) is 7.02. The Balaban J connectivity index is 1.46. The lowest BCUT2D eigenvalue weighted by atomic mass is 10.2. The molecule has 0 aliphatic rings. The van der Waals surface area contributed by atoms with Crippen molar-refractivity contribution >= 4 is 22.6 Å². The van der Waals surface area contributed by atoms with Crippen molar-refractivity contribution in [2.75, 3.05) is 6.61 Å². The number of allylic oxidation sites excluding steroid dienone is 1. The number of fused-ring (bicyclic) bond motifs is 1. The van der Waals surface area contributed by atoms with Crippen molar-refractivity contribution < 1.29 is 23.8 Å². The van der Waals surface area contributed by atoms with E-state index in [9.17, 15) is 19.6 Å². The van der Waals surface area contributed by atoms with Crippen LogP contribution in [0.3, 0.4) is 0 Å². The highest BCUT2D eigenvalue weighted by atomic mass is 19.1. The summed E-state index contributed by atoms with van der Waals surface area (Å²) in [6.45, 7) is -0.397. The quantitative estimate of drug-likeness (QED) is 0.238. The summed E-state index contributed by atoms with van der Waals surface area (Å²) in [4.78, 5) is 19.9. The molecule has 4 aromatic rings. The highest BCUT2D eigenvalue weighted by molar-refractivity contribution is 5.92. The van der Waals surface area contributed by atoms with Gasteiger partial charge in [0, 0.05) is 0 Å². The van der Waals surface area contributed by atoms with Gasteiger partial charge in [0.05, 0.1) is 11.0 Å². The van der Waals surface area contributed by atoms with Crippen LogP contribution in [0.25, 0.3) is 16.6 Å². The van der Waals surface area contributed by atoms with Gasteiger partial charge < -0.3 is 19.6 Å². The van der Waals surface area contributed by atoms with E-state index >= 15 is 0 Å². The Hall–Kier alpha value is -4.64. The Morgan fingerprint density at radius 3 is 2.55 bits per heavy atom. The number of carbonyl (C=O) groups is 1. The van der Waals surface area contributed by atoms with Crippen molar-refractivity contribution in [1.82, 2.24) is 9.97 Å². The normalized spacial score (nSPS) is 11.5. The van der Waals surface area contributed by atoms with Gasteiger partial charge in [-0.2, -0.15) is 5.26 Å². The van der Waals surface area contributed by atoms with Crippen molar-refractivity contribution in [2.45, 2.75) is 6.61 Å². The Morgan fingerprint density at radius 2 is 1.79 bits per heavy atom. The van der Waals surface area contributed by atoms with E-state index in [2.05, 4.69) is 9.97 Å². The van der Waals surface area contributed by atoms with Crippen LogP contribution in [0.5, 0.6) is 5.75 Å². The first kappa shape index (κ1) is 21.6. The van der Waals surface area contributed by atoms with E-state index in [1.807, 2.05) is 12.1 Å². The monoisotopic (exact) mass is 443 g/mol. The molecular weight excluding hydrogens is 425 g/mol. The fraction of sp³-hybridized carbons (Fsp3) is 0.0800. The van der Waals surface area contributed by atoms with Gasteiger partial charge in [-0.1, -0.05) is 36.4 Å². The SMILES string of the molecule is N#C/C(=C(/O)COC(=O)c1ccccc1OCc1ccc(F)cc1)c1nc2ccccc2[nH]1. The number of rotatable bonds is 7. The molecule has 0 saturated heterocycles. The first-order chi connectivity index (χ1) is 16.0. The van der Waals surface area contributed by atoms with E-state index in [0.29, 0.717) is 11.0 Å². The van der Waals surface area contributed by atoms with Gasteiger partial charge in [0.25, 0.3) is 0 Å². The molecular formula is C25H18FN3O4. The number of hydrogen-bond acceptors (Lipinski definition) is 6. The highest BCUT2D eigenvalue weighted by Gasteiger charge is 2.18. The van der Waals surface area contributed by atoms with E-state index in [-0.39, 0.29) is 35.1 Å². The molecule has 0 amide bonds. The van der Waals surface area contributed by atoms with Gasteiger partial charge in [0.1, 0.15) is 42.0 Å². The van der Waals surface area contributed by atoms with Gasteiger partial charge in [0.15, 0.2) is 11.6 Å². The van der Waals surface area contributed by atoms with E-state index in [1.54, 1.807) is 48.5 Å². The number of halogens is 1. The number of nitrogens with one attached hydrogen (secondary N) is 1. The van der Waals surface area contributed by atoms with Gasteiger partial charge in [0.2, 0.25) is 0 Å². The number of aromatic amines is 1. The molecule has 1 aromatic heterocycles. The minimum Gasteiger partial charge on any atom is -0.507 e. The third kappa shape index (κ3) is 4.99. The number of hydrogen-bond donors (Lipinski definition) is 2. The summed E-state index contributed by atoms with van der Waals surface area (Å²) in [7, 11) is 0. The first-order valence-corrected chi connectivity index (χ1v) is 9.96. The van der Waals surface area contributed by atoms with Crippen LogP contribution in [0.1, 0.15) is 21.7 Å². The van der Waals surface area contributed by atoms with Crippen LogP contribution in [-0.2, 0) is 11.3 Å². The van der Waals surface area contributed by atoms with E-state index in [4.69, 9.17) is 9.47 Å². The number of aromatic nitrogens is 2. The lowest BCUT2D eigenvalue weighted by Gasteiger charge is -2.11. The number of H-pyrrole nitrogens is 1. The summed E-state index contributed by atoms with van der Waals surface area (Å²) in [6, 6.07) is 21.4. The molecule has 0 unspecified atom stereocenters. The predicted octanol–water partition coefficient (Wildman–Crippen LogP) is 4.93. The zero-order valence-electron chi connectivity index (χ0n) is 17.3. The molecule has 0 radical (unpaired) electrons. The third-order valence-corrected chi connectivity index (χ3v) is 4.78. The third-order valence-electron chi connectivity index (χ3n) is 4.78. The van der Waals surface area contributed by atoms with Gasteiger partial charge in [-0.05, 0) is 42.0 Å². The fourth-order valence-electron chi connectivity index (χ4n) is 3.11. The molecule has 0 aliphatic carbocycles. The standard InChI is InChI=1S/C25H18FN3O4/c26-17-11-9-16(10-12-17)14-32-23-8-4-1-5-18(23)25(31)33-15-22(30)19(13-27)24-28-20-6-2-3-7-21(20)29-24/h1-12,30H,14-15H2,(H,28,29)/b22-19-. The number of nitriles is 1. The Kier molecular flexibility index (Phi) is 6.32. The van der Waals surface area contributed by atoms with E-state index in [1.165, 1.54) is 18.2 Å². The van der Waals surface area contributed by atoms with Crippen LogP contribution in [0.15, 0.2) is 78.6 Å². The molecule has 0 aliphatic heterocycles. The van der Waals surface area contributed by atoms with Crippen LogP contribution >= 0.6 is 0 Å². The van der Waals surface area contributed by atoms with Gasteiger partial charge in [-0.3, -0.25) is 0 Å². The minimum atomic E-state index is -0.738. The maximum atomic E-state index is 13.1. The molecule has 0 atom stereocenters. The van der Waals surface area contributed by atoms with E-state index < -0.39 is 18.3 Å². The average Bonchev–Trinajstić information content (AvgIpc) is 3.26. The molecule has 0 bridgehead atoms. The summed E-state index contributed by atoms with van der Waals surface area (Å²) in [5, 5.41) is 19.9. The van der Waals surface area contributed by atoms with Crippen molar-refractivity contribution in [3.8, 4) is 11.8 Å². The number of ether oxygens (including phenoxy) is 2. The molecule has 2 N–H and O–H groups in total. The molecule has 7 nitrogen and oxygen atoms in total. The largest absolute Gasteiger partial charge is 0.507 e. The lowest BCUT2D eigenvalue weighted by Crippen LogP contribution is -2.11. The predicted molar refractivity (Wildman–Crippen MR) is 119 cm³/mol. The molecule has 164 valence electrons. The van der Waals surface area contributed by atoms with Gasteiger partial charge in [-0.15, -0.1) is 0 Å². The van der Waals surface area contributed by atoms with Crippen molar-refractivity contribution in [3.05, 3.63) is 101 Å². The second kappa shape index (κ2) is 9.66. The van der Waals surface area contributed by atoms with Crippen molar-refractivity contribution in [2.24, 2.45) is 0 Å². The maximum Gasteiger partial charge on any atom is 0.342 e. The molecule has 3 aromatic carbocycles. The number of aliphatic hydroxyl groups excluding tert-OH is 1. The molecule has 0 saturated carbocycles. The first-order valence-electron chi connectivity index (χ1n) is 9.96. The highest BCUT2D eigenvalue weighted by Crippen LogP contribution is 2.22. The molecule has 0 spiro atoms. The summed E-state index contributed by atoms with van der Waals surface area (Å²) in [5.74, 6) is -1.08. The smallest absolute Gasteiger partial charge is 0.342 e. The summed E-state index contributed by atoms with van der Waals surface area (Å²) >= 11 is 0. The number of nitrogens with zero attached hydrogens (tertiary/aromatic N) is 2. The minimum absolute atomic E-state index is 0.125. The topological polar surface area (TPSA) is 108 Å². The Labute approximate surface area is 188 Å². The van der Waals surface area contributed by atoms with E-state index in [0.717, 1.165) is 5.56 Å². The van der Waals surface area contributed by atoms with Crippen molar-refractivity contribution in [3.63, 3.8) is 0 Å². The number of para-hydroxylation sites is 3. The summed E-state index contributed by atoms with van der Waals surface area (Å²) in [6.07, 6.45) is 0. The Bertz CT molecular complexity index is 1340. The van der Waals surface area contributed by atoms with Gasteiger partial charge >= 0.3 is 5.97 Å². The van der Waals surface area contributed by atoms with Crippen LogP contribution in [-0.4, -0.2) is 27.7 Å². The van der Waals surface area contributed by atoms with Crippen LogP contribution in [0, 0.1) is 17.1 Å². The average molecular weight is 443 g/mol. The van der Waals surface area contributed by atoms with Crippen LogP contribution in [0.2, 0.25) is 0 Å². The van der Waals surface area contributed by atoms with Gasteiger partial charge in [-0.25, -0.2) is 14.2 Å². The fourth-order valence-corrected chi connectivity index (χ4v) is 3.11. The number of aliphatic hydroxyl groups is 1.